The van der Waals surface area contributed by atoms with Crippen LogP contribution < -0.4 is 10.6 Å². The van der Waals surface area contributed by atoms with E-state index in [1.807, 2.05) is 0 Å². The second-order valence-corrected chi connectivity index (χ2v) is 6.43. The highest BCUT2D eigenvalue weighted by Gasteiger charge is 2.41. The number of hydrogen-bond donors (Lipinski definition) is 2. The van der Waals surface area contributed by atoms with Crippen molar-refractivity contribution in [2.24, 2.45) is 0 Å². The Hall–Kier alpha value is -0.650. The second-order valence-electron chi connectivity index (χ2n) is 6.43. The predicted octanol–water partition coefficient (Wildman–Crippen LogP) is 0.973. The Balaban J connectivity index is 1.37. The third-order valence-electron chi connectivity index (χ3n) is 4.86. The van der Waals surface area contributed by atoms with Gasteiger partial charge in [-0.3, -0.25) is 4.79 Å². The van der Waals surface area contributed by atoms with E-state index < -0.39 is 0 Å². The minimum atomic E-state index is 0.0118. The summed E-state index contributed by atoms with van der Waals surface area (Å²) in [4.78, 5) is 11.8. The number of carbonyl (C=O) groups excluding carboxylic acids is 1. The van der Waals surface area contributed by atoms with Gasteiger partial charge in [-0.1, -0.05) is 12.8 Å². The van der Waals surface area contributed by atoms with Crippen molar-refractivity contribution in [3.63, 3.8) is 0 Å². The monoisotopic (exact) mass is 282 g/mol. The van der Waals surface area contributed by atoms with Gasteiger partial charge >= 0.3 is 0 Å². The minimum Gasteiger partial charge on any atom is -0.372 e. The molecule has 0 bridgehead atoms. The summed E-state index contributed by atoms with van der Waals surface area (Å²) in [5, 5.41) is 6.42. The Kier molecular flexibility index (Phi) is 4.58. The van der Waals surface area contributed by atoms with Gasteiger partial charge in [0, 0.05) is 12.5 Å². The lowest BCUT2D eigenvalue weighted by atomic mass is 9.89. The zero-order chi connectivity index (χ0) is 13.8. The summed E-state index contributed by atoms with van der Waals surface area (Å²) < 4.78 is 11.7. The van der Waals surface area contributed by atoms with Crippen LogP contribution in [0, 0.1) is 0 Å². The molecular formula is C15H26N2O3. The third-order valence-corrected chi connectivity index (χ3v) is 4.86. The Morgan fingerprint density at radius 1 is 1.30 bits per heavy atom. The lowest BCUT2D eigenvalue weighted by Gasteiger charge is -2.32. The molecule has 2 N–H and O–H groups in total. The third kappa shape index (κ3) is 3.51. The maximum atomic E-state index is 11.8. The Labute approximate surface area is 120 Å². The average Bonchev–Trinajstić information content (AvgIpc) is 3.08. The van der Waals surface area contributed by atoms with Crippen LogP contribution in [0.5, 0.6) is 0 Å². The normalized spacial score (nSPS) is 29.9. The molecule has 1 aliphatic carbocycles. The standard InChI is InChI=1S/C15H26N2O3/c18-14(17-12-3-1-2-4-12)11-19-13-9-15(20-10-13)5-7-16-8-6-15/h12-13,16H,1-11H2,(H,17,18). The molecule has 3 fully saturated rings. The highest BCUT2D eigenvalue weighted by atomic mass is 16.6. The Bertz CT molecular complexity index is 336. The van der Waals surface area contributed by atoms with Crippen molar-refractivity contribution in [3.05, 3.63) is 0 Å². The highest BCUT2D eigenvalue weighted by molar-refractivity contribution is 5.77. The van der Waals surface area contributed by atoms with Crippen LogP contribution in [0.4, 0.5) is 0 Å². The highest BCUT2D eigenvalue weighted by Crippen LogP contribution is 2.35. The number of ether oxygens (including phenoxy) is 2. The summed E-state index contributed by atoms with van der Waals surface area (Å²) in [6.07, 6.45) is 7.84. The van der Waals surface area contributed by atoms with Gasteiger partial charge in [0.1, 0.15) is 6.61 Å². The fourth-order valence-corrected chi connectivity index (χ4v) is 3.67. The van der Waals surface area contributed by atoms with Crippen molar-refractivity contribution in [1.82, 2.24) is 10.6 Å². The molecule has 0 aromatic carbocycles. The maximum Gasteiger partial charge on any atom is 0.246 e. The van der Waals surface area contributed by atoms with Gasteiger partial charge in [0.15, 0.2) is 0 Å². The first-order valence-corrected chi connectivity index (χ1v) is 8.01. The Morgan fingerprint density at radius 2 is 2.05 bits per heavy atom. The fraction of sp³-hybridized carbons (Fsp3) is 0.933. The van der Waals surface area contributed by atoms with E-state index in [0.717, 1.165) is 45.2 Å². The number of carbonyl (C=O) groups is 1. The van der Waals surface area contributed by atoms with Crippen LogP contribution >= 0.6 is 0 Å². The molecule has 3 aliphatic rings. The van der Waals surface area contributed by atoms with Crippen molar-refractivity contribution < 1.29 is 14.3 Å². The first-order chi connectivity index (χ1) is 9.76. The van der Waals surface area contributed by atoms with Crippen molar-refractivity contribution in [1.29, 1.82) is 0 Å². The van der Waals surface area contributed by atoms with Crippen molar-refractivity contribution >= 4 is 5.91 Å². The van der Waals surface area contributed by atoms with E-state index in [2.05, 4.69) is 10.6 Å². The Morgan fingerprint density at radius 3 is 2.80 bits per heavy atom. The molecule has 3 rings (SSSR count). The van der Waals surface area contributed by atoms with Gasteiger partial charge in [0.05, 0.1) is 18.3 Å². The van der Waals surface area contributed by atoms with Gasteiger partial charge in [0.25, 0.3) is 0 Å². The van der Waals surface area contributed by atoms with Crippen LogP contribution in [0.2, 0.25) is 0 Å². The molecule has 5 nitrogen and oxygen atoms in total. The zero-order valence-electron chi connectivity index (χ0n) is 12.2. The van der Waals surface area contributed by atoms with Crippen LogP contribution in [-0.4, -0.2) is 50.0 Å². The molecular weight excluding hydrogens is 256 g/mol. The van der Waals surface area contributed by atoms with Gasteiger partial charge < -0.3 is 20.1 Å². The van der Waals surface area contributed by atoms with Crippen molar-refractivity contribution in [2.75, 3.05) is 26.3 Å². The van der Waals surface area contributed by atoms with Gasteiger partial charge in [-0.2, -0.15) is 0 Å². The van der Waals surface area contributed by atoms with E-state index in [1.54, 1.807) is 0 Å². The van der Waals surface area contributed by atoms with E-state index in [-0.39, 0.29) is 24.2 Å². The fourth-order valence-electron chi connectivity index (χ4n) is 3.67. The molecule has 0 aromatic heterocycles. The van der Waals surface area contributed by atoms with E-state index in [4.69, 9.17) is 9.47 Å². The molecule has 2 saturated heterocycles. The molecule has 1 amide bonds. The molecule has 1 atom stereocenters. The summed E-state index contributed by atoms with van der Waals surface area (Å²) in [6.45, 7) is 2.86. The summed E-state index contributed by atoms with van der Waals surface area (Å²) in [7, 11) is 0. The van der Waals surface area contributed by atoms with E-state index in [1.165, 1.54) is 12.8 Å². The van der Waals surface area contributed by atoms with Crippen molar-refractivity contribution in [2.45, 2.75) is 62.7 Å². The molecule has 1 spiro atoms. The number of amides is 1. The van der Waals surface area contributed by atoms with Gasteiger partial charge in [0.2, 0.25) is 5.91 Å². The molecule has 1 unspecified atom stereocenters. The first kappa shape index (κ1) is 14.3. The van der Waals surface area contributed by atoms with Gasteiger partial charge in [-0.05, 0) is 38.8 Å². The smallest absolute Gasteiger partial charge is 0.246 e. The first-order valence-electron chi connectivity index (χ1n) is 8.01. The second kappa shape index (κ2) is 6.41. The predicted molar refractivity (Wildman–Crippen MR) is 75.5 cm³/mol. The molecule has 2 aliphatic heterocycles. The molecule has 2 heterocycles. The zero-order valence-corrected chi connectivity index (χ0v) is 12.2. The number of hydrogen-bond acceptors (Lipinski definition) is 4. The molecule has 0 radical (unpaired) electrons. The summed E-state index contributed by atoms with van der Waals surface area (Å²) in [6, 6.07) is 0.377. The lowest BCUT2D eigenvalue weighted by molar-refractivity contribution is -0.128. The summed E-state index contributed by atoms with van der Waals surface area (Å²) >= 11 is 0. The molecule has 0 aromatic rings. The van der Waals surface area contributed by atoms with Gasteiger partial charge in [-0.15, -0.1) is 0 Å². The average molecular weight is 282 g/mol. The van der Waals surface area contributed by atoms with E-state index >= 15 is 0 Å². The molecule has 20 heavy (non-hydrogen) atoms. The molecule has 5 heteroatoms. The van der Waals surface area contributed by atoms with Crippen LogP contribution in [0.25, 0.3) is 0 Å². The topological polar surface area (TPSA) is 59.6 Å². The van der Waals surface area contributed by atoms with Gasteiger partial charge in [-0.25, -0.2) is 0 Å². The minimum absolute atomic E-state index is 0.0118. The molecule has 114 valence electrons. The van der Waals surface area contributed by atoms with E-state index in [9.17, 15) is 4.79 Å². The van der Waals surface area contributed by atoms with Crippen LogP contribution in [-0.2, 0) is 14.3 Å². The SMILES string of the molecule is O=C(COC1COC2(CCNCC2)C1)NC1CCCC1. The van der Waals surface area contributed by atoms with Crippen LogP contribution in [0.1, 0.15) is 44.9 Å². The maximum absolute atomic E-state index is 11.8. The molecule has 1 saturated carbocycles. The van der Waals surface area contributed by atoms with E-state index in [0.29, 0.717) is 12.6 Å². The lowest BCUT2D eigenvalue weighted by Crippen LogP contribution is -2.41. The summed E-state index contributed by atoms with van der Waals surface area (Å²) in [5.74, 6) is 0.0307. The number of nitrogens with one attached hydrogen (secondary N) is 2. The van der Waals surface area contributed by atoms with Crippen LogP contribution in [0.3, 0.4) is 0 Å². The quantitative estimate of drug-likeness (QED) is 0.807. The summed E-state index contributed by atoms with van der Waals surface area (Å²) in [5.41, 5.74) is 0.0118. The number of rotatable bonds is 4. The van der Waals surface area contributed by atoms with Crippen LogP contribution in [0.15, 0.2) is 0 Å². The number of piperidine rings is 1. The van der Waals surface area contributed by atoms with Crippen molar-refractivity contribution in [3.8, 4) is 0 Å². The largest absolute Gasteiger partial charge is 0.372 e.